The Balaban J connectivity index is 1.48. The summed E-state index contributed by atoms with van der Waals surface area (Å²) in [6.45, 7) is 8.42. The van der Waals surface area contributed by atoms with Crippen molar-refractivity contribution < 1.29 is 9.53 Å². The van der Waals surface area contributed by atoms with Crippen molar-refractivity contribution in [3.63, 3.8) is 0 Å². The first kappa shape index (κ1) is 16.3. The van der Waals surface area contributed by atoms with Crippen molar-refractivity contribution in [1.82, 2.24) is 9.80 Å². The Bertz CT molecular complexity index is 538. The second kappa shape index (κ2) is 7.35. The summed E-state index contributed by atoms with van der Waals surface area (Å²) in [5.41, 5.74) is 3.06. The van der Waals surface area contributed by atoms with Gasteiger partial charge in [-0.25, -0.2) is 4.79 Å². The number of rotatable bonds is 5. The Morgan fingerprint density at radius 3 is 2.65 bits per heavy atom. The number of amides is 1. The molecule has 0 radical (unpaired) electrons. The summed E-state index contributed by atoms with van der Waals surface area (Å²) in [6, 6.07) is 9.14. The zero-order valence-electron chi connectivity index (χ0n) is 14.3. The average molecular weight is 316 g/mol. The van der Waals surface area contributed by atoms with E-state index in [0.29, 0.717) is 18.6 Å². The smallest absolute Gasteiger partial charge is 0.409 e. The molecule has 4 nitrogen and oxygen atoms in total. The minimum absolute atomic E-state index is 0.152. The van der Waals surface area contributed by atoms with Crippen LogP contribution in [0.2, 0.25) is 0 Å². The second-order valence-corrected chi connectivity index (χ2v) is 6.62. The van der Waals surface area contributed by atoms with Gasteiger partial charge in [-0.15, -0.1) is 0 Å². The number of piperidine rings is 1. The van der Waals surface area contributed by atoms with Crippen LogP contribution in [0.3, 0.4) is 0 Å². The van der Waals surface area contributed by atoms with Crippen LogP contribution in [0.1, 0.15) is 43.7 Å². The van der Waals surface area contributed by atoms with Gasteiger partial charge in [0.15, 0.2) is 0 Å². The second-order valence-electron chi connectivity index (χ2n) is 6.62. The first-order valence-corrected chi connectivity index (χ1v) is 8.96. The lowest BCUT2D eigenvalue weighted by atomic mass is 9.77. The molecule has 1 amide bonds. The number of fused-ring (bicyclic) bond motifs is 1. The van der Waals surface area contributed by atoms with Gasteiger partial charge in [-0.1, -0.05) is 24.3 Å². The molecule has 1 aromatic rings. The molecule has 1 heterocycles. The van der Waals surface area contributed by atoms with E-state index in [9.17, 15) is 4.79 Å². The van der Waals surface area contributed by atoms with Gasteiger partial charge in [-0.3, -0.25) is 0 Å². The monoisotopic (exact) mass is 316 g/mol. The van der Waals surface area contributed by atoms with Crippen molar-refractivity contribution in [1.29, 1.82) is 0 Å². The normalized spacial score (nSPS) is 21.4. The van der Waals surface area contributed by atoms with Crippen LogP contribution < -0.4 is 0 Å². The number of hydrogen-bond donors (Lipinski definition) is 0. The fourth-order valence-corrected chi connectivity index (χ4v) is 3.99. The quantitative estimate of drug-likeness (QED) is 0.836. The van der Waals surface area contributed by atoms with E-state index < -0.39 is 0 Å². The lowest BCUT2D eigenvalue weighted by Crippen LogP contribution is -2.48. The molecule has 1 fully saturated rings. The lowest BCUT2D eigenvalue weighted by molar-refractivity contribution is 0.0689. The van der Waals surface area contributed by atoms with Crippen LogP contribution in [0, 0.1) is 0 Å². The molecule has 23 heavy (non-hydrogen) atoms. The van der Waals surface area contributed by atoms with E-state index in [2.05, 4.69) is 29.2 Å². The van der Waals surface area contributed by atoms with Gasteiger partial charge in [0.25, 0.3) is 0 Å². The zero-order chi connectivity index (χ0) is 16.2. The van der Waals surface area contributed by atoms with Crippen LogP contribution in [0.15, 0.2) is 24.3 Å². The van der Waals surface area contributed by atoms with E-state index in [1.807, 2.05) is 18.7 Å². The summed E-state index contributed by atoms with van der Waals surface area (Å²) in [5, 5.41) is 0. The number of benzene rings is 1. The number of carbonyl (C=O) groups is 1. The highest BCUT2D eigenvalue weighted by Gasteiger charge is 2.31. The topological polar surface area (TPSA) is 32.8 Å². The summed E-state index contributed by atoms with van der Waals surface area (Å²) in [6.07, 6.45) is 3.18. The first-order valence-electron chi connectivity index (χ1n) is 8.96. The van der Waals surface area contributed by atoms with E-state index in [1.54, 1.807) is 0 Å². The Hall–Kier alpha value is -1.55. The summed E-state index contributed by atoms with van der Waals surface area (Å²) in [4.78, 5) is 16.5. The van der Waals surface area contributed by atoms with Gasteiger partial charge in [-0.2, -0.15) is 0 Å². The fraction of sp³-hybridized carbons (Fsp3) is 0.632. The Kier molecular flexibility index (Phi) is 5.21. The lowest BCUT2D eigenvalue weighted by Gasteiger charge is -2.40. The van der Waals surface area contributed by atoms with Crippen molar-refractivity contribution in [3.05, 3.63) is 35.4 Å². The molecular weight excluding hydrogens is 288 g/mol. The SMILES string of the molecule is CCOC(=O)N(CC)C1CCN(CC2Cc3ccccc32)CC1. The van der Waals surface area contributed by atoms with E-state index in [0.717, 1.165) is 39.0 Å². The van der Waals surface area contributed by atoms with Gasteiger partial charge < -0.3 is 14.5 Å². The Labute approximate surface area is 139 Å². The molecule has 1 aromatic carbocycles. The van der Waals surface area contributed by atoms with Crippen LogP contribution in [0.4, 0.5) is 4.79 Å². The third-order valence-electron chi connectivity index (χ3n) is 5.28. The molecule has 0 aromatic heterocycles. The summed E-state index contributed by atoms with van der Waals surface area (Å²) in [7, 11) is 0. The molecule has 1 saturated heterocycles. The highest BCUT2D eigenvalue weighted by atomic mass is 16.6. The Morgan fingerprint density at radius 1 is 1.26 bits per heavy atom. The van der Waals surface area contributed by atoms with Crippen LogP contribution in [-0.2, 0) is 11.2 Å². The largest absolute Gasteiger partial charge is 0.450 e. The maximum Gasteiger partial charge on any atom is 0.409 e. The van der Waals surface area contributed by atoms with Gasteiger partial charge in [0, 0.05) is 38.1 Å². The van der Waals surface area contributed by atoms with Gasteiger partial charge in [0.05, 0.1) is 6.61 Å². The van der Waals surface area contributed by atoms with E-state index >= 15 is 0 Å². The highest BCUT2D eigenvalue weighted by Crippen LogP contribution is 2.35. The van der Waals surface area contributed by atoms with Crippen molar-refractivity contribution in [3.8, 4) is 0 Å². The van der Waals surface area contributed by atoms with Crippen molar-refractivity contribution >= 4 is 6.09 Å². The molecule has 4 heteroatoms. The zero-order valence-corrected chi connectivity index (χ0v) is 14.3. The highest BCUT2D eigenvalue weighted by molar-refractivity contribution is 5.68. The maximum atomic E-state index is 12.0. The van der Waals surface area contributed by atoms with Crippen LogP contribution in [0.5, 0.6) is 0 Å². The molecule has 0 spiro atoms. The maximum absolute atomic E-state index is 12.0. The number of hydrogen-bond acceptors (Lipinski definition) is 3. The predicted molar refractivity (Wildman–Crippen MR) is 91.8 cm³/mol. The Morgan fingerprint density at radius 2 is 2.00 bits per heavy atom. The van der Waals surface area contributed by atoms with Gasteiger partial charge in [-0.05, 0) is 44.2 Å². The summed E-state index contributed by atoms with van der Waals surface area (Å²) in [5.74, 6) is 0.704. The number of carbonyl (C=O) groups excluding carboxylic acids is 1. The molecule has 1 atom stereocenters. The minimum atomic E-state index is -0.152. The van der Waals surface area contributed by atoms with Crippen LogP contribution in [-0.4, -0.2) is 54.7 Å². The van der Waals surface area contributed by atoms with Crippen molar-refractivity contribution in [2.24, 2.45) is 0 Å². The number of ether oxygens (including phenoxy) is 1. The third-order valence-corrected chi connectivity index (χ3v) is 5.28. The standard InChI is InChI=1S/C19H28N2O2/c1-3-21(19(22)23-4-2)17-9-11-20(12-10-17)14-16-13-15-7-5-6-8-18(15)16/h5-8,16-17H,3-4,9-14H2,1-2H3. The van der Waals surface area contributed by atoms with E-state index in [1.165, 1.54) is 17.5 Å². The molecule has 1 unspecified atom stereocenters. The molecule has 0 bridgehead atoms. The summed E-state index contributed by atoms with van der Waals surface area (Å²) < 4.78 is 5.18. The molecule has 0 saturated carbocycles. The molecule has 126 valence electrons. The van der Waals surface area contributed by atoms with Gasteiger partial charge in [0.2, 0.25) is 0 Å². The first-order chi connectivity index (χ1) is 11.2. The average Bonchev–Trinajstić information content (AvgIpc) is 2.55. The van der Waals surface area contributed by atoms with Crippen molar-refractivity contribution in [2.75, 3.05) is 32.8 Å². The van der Waals surface area contributed by atoms with Crippen LogP contribution >= 0.6 is 0 Å². The van der Waals surface area contributed by atoms with E-state index in [-0.39, 0.29) is 6.09 Å². The molecule has 3 rings (SSSR count). The summed E-state index contributed by atoms with van der Waals surface area (Å²) >= 11 is 0. The molecule has 2 aliphatic rings. The van der Waals surface area contributed by atoms with Gasteiger partial charge in [0.1, 0.15) is 0 Å². The fourth-order valence-electron chi connectivity index (χ4n) is 3.99. The number of likely N-dealkylation sites (tertiary alicyclic amines) is 1. The molecular formula is C19H28N2O2. The predicted octanol–water partition coefficient (Wildman–Crippen LogP) is 3.27. The number of nitrogens with zero attached hydrogens (tertiary/aromatic N) is 2. The third kappa shape index (κ3) is 3.52. The van der Waals surface area contributed by atoms with E-state index in [4.69, 9.17) is 4.74 Å². The minimum Gasteiger partial charge on any atom is -0.450 e. The van der Waals surface area contributed by atoms with Crippen molar-refractivity contribution in [2.45, 2.75) is 45.1 Å². The van der Waals surface area contributed by atoms with Crippen LogP contribution in [0.25, 0.3) is 0 Å². The molecule has 1 aliphatic carbocycles. The van der Waals surface area contributed by atoms with Gasteiger partial charge >= 0.3 is 6.09 Å². The molecule has 0 N–H and O–H groups in total. The molecule has 1 aliphatic heterocycles.